The lowest BCUT2D eigenvalue weighted by atomic mass is 10.0. The van der Waals surface area contributed by atoms with E-state index in [4.69, 9.17) is 5.14 Å². The van der Waals surface area contributed by atoms with Gasteiger partial charge in [0.2, 0.25) is 10.0 Å². The lowest BCUT2D eigenvalue weighted by molar-refractivity contribution is 0.598. The molecule has 2 N–H and O–H groups in total. The van der Waals surface area contributed by atoms with Gasteiger partial charge in [0.15, 0.2) is 0 Å². The molecule has 0 atom stereocenters. The first-order chi connectivity index (χ1) is 10.8. The van der Waals surface area contributed by atoms with E-state index in [1.165, 1.54) is 12.1 Å². The maximum absolute atomic E-state index is 11.3. The number of nitrogens with zero attached hydrogens (tertiary/aromatic N) is 2. The van der Waals surface area contributed by atoms with Crippen molar-refractivity contribution >= 4 is 10.0 Å². The second-order valence-electron chi connectivity index (χ2n) is 5.47. The Morgan fingerprint density at radius 2 is 1.61 bits per heavy atom. The molecule has 118 valence electrons. The van der Waals surface area contributed by atoms with E-state index < -0.39 is 10.0 Å². The fraction of sp³-hybridized carbons (Fsp3) is 0.118. The first kappa shape index (κ1) is 15.5. The van der Waals surface area contributed by atoms with Gasteiger partial charge in [-0.3, -0.25) is 0 Å². The third-order valence-electron chi connectivity index (χ3n) is 3.69. The first-order valence-electron chi connectivity index (χ1n) is 7.11. The average molecular weight is 327 g/mol. The van der Waals surface area contributed by atoms with Gasteiger partial charge in [-0.1, -0.05) is 24.3 Å². The van der Waals surface area contributed by atoms with Crippen LogP contribution in [0.5, 0.6) is 0 Å². The van der Waals surface area contributed by atoms with E-state index in [2.05, 4.69) is 5.10 Å². The van der Waals surface area contributed by atoms with Crippen LogP contribution >= 0.6 is 0 Å². The molecule has 1 heterocycles. The van der Waals surface area contributed by atoms with Crippen molar-refractivity contribution in [1.82, 2.24) is 9.78 Å². The molecule has 1 aromatic heterocycles. The number of nitrogens with two attached hydrogens (primary N) is 1. The quantitative estimate of drug-likeness (QED) is 0.803. The smallest absolute Gasteiger partial charge is 0.238 e. The molecule has 0 amide bonds. The lowest BCUT2D eigenvalue weighted by Crippen LogP contribution is -2.11. The molecule has 0 bridgehead atoms. The zero-order valence-electron chi connectivity index (χ0n) is 12.9. The predicted octanol–water partition coefficient (Wildman–Crippen LogP) is 2.80. The monoisotopic (exact) mass is 327 g/mol. The Morgan fingerprint density at radius 3 is 2.17 bits per heavy atom. The zero-order valence-corrected chi connectivity index (χ0v) is 13.7. The second-order valence-corrected chi connectivity index (χ2v) is 7.03. The van der Waals surface area contributed by atoms with E-state index in [1.54, 1.807) is 12.1 Å². The number of rotatable bonds is 3. The highest BCUT2D eigenvalue weighted by molar-refractivity contribution is 7.89. The Morgan fingerprint density at radius 1 is 0.957 bits per heavy atom. The third kappa shape index (κ3) is 3.18. The summed E-state index contributed by atoms with van der Waals surface area (Å²) in [6.07, 6.45) is 1.92. The lowest BCUT2D eigenvalue weighted by Gasteiger charge is -2.10. The Labute approximate surface area is 135 Å². The standard InChI is InChI=1S/C17H17N3O2S/c1-12-3-4-15(11-17(12)20-10-9-13(2)19-20)14-5-7-16(8-6-14)23(18,21)22/h3-11H,1-2H3,(H2,18,21,22). The molecule has 0 fully saturated rings. The van der Waals surface area contributed by atoms with Gasteiger partial charge in [-0.25, -0.2) is 18.2 Å². The van der Waals surface area contributed by atoms with Gasteiger partial charge in [-0.2, -0.15) is 5.10 Å². The van der Waals surface area contributed by atoms with Crippen LogP contribution < -0.4 is 5.14 Å². The summed E-state index contributed by atoms with van der Waals surface area (Å²) in [4.78, 5) is 0.108. The normalized spacial score (nSPS) is 11.6. The van der Waals surface area contributed by atoms with Gasteiger partial charge < -0.3 is 0 Å². The van der Waals surface area contributed by atoms with E-state index in [0.29, 0.717) is 0 Å². The molecule has 0 radical (unpaired) electrons. The van der Waals surface area contributed by atoms with Crippen LogP contribution in [0.25, 0.3) is 16.8 Å². The van der Waals surface area contributed by atoms with Crippen molar-refractivity contribution in [3.8, 4) is 16.8 Å². The molecule has 0 saturated heterocycles. The highest BCUT2D eigenvalue weighted by Crippen LogP contribution is 2.25. The molecule has 6 heteroatoms. The van der Waals surface area contributed by atoms with E-state index in [0.717, 1.165) is 28.1 Å². The fourth-order valence-electron chi connectivity index (χ4n) is 2.42. The van der Waals surface area contributed by atoms with Gasteiger partial charge in [-0.05, 0) is 54.8 Å². The number of benzene rings is 2. The van der Waals surface area contributed by atoms with Gasteiger partial charge in [0, 0.05) is 6.20 Å². The summed E-state index contributed by atoms with van der Waals surface area (Å²) in [5, 5.41) is 9.57. The summed E-state index contributed by atoms with van der Waals surface area (Å²) in [5.74, 6) is 0. The number of sulfonamides is 1. The van der Waals surface area contributed by atoms with E-state index in [-0.39, 0.29) is 4.90 Å². The van der Waals surface area contributed by atoms with Crippen LogP contribution in [0.1, 0.15) is 11.3 Å². The Balaban J connectivity index is 2.04. The average Bonchev–Trinajstić information content (AvgIpc) is 2.93. The largest absolute Gasteiger partial charge is 0.240 e. The zero-order chi connectivity index (χ0) is 16.6. The van der Waals surface area contributed by atoms with Gasteiger partial charge in [-0.15, -0.1) is 0 Å². The minimum Gasteiger partial charge on any atom is -0.240 e. The maximum Gasteiger partial charge on any atom is 0.238 e. The van der Waals surface area contributed by atoms with Gasteiger partial charge in [0.1, 0.15) is 0 Å². The molecule has 0 spiro atoms. The van der Waals surface area contributed by atoms with Gasteiger partial charge in [0.05, 0.1) is 16.3 Å². The number of aromatic nitrogens is 2. The first-order valence-corrected chi connectivity index (χ1v) is 8.66. The molecule has 2 aromatic carbocycles. The Hall–Kier alpha value is -2.44. The van der Waals surface area contributed by atoms with Crippen molar-refractivity contribution in [2.24, 2.45) is 5.14 Å². The predicted molar refractivity (Wildman–Crippen MR) is 89.8 cm³/mol. The number of primary sulfonamides is 1. The molecule has 5 nitrogen and oxygen atoms in total. The van der Waals surface area contributed by atoms with Crippen molar-refractivity contribution < 1.29 is 8.42 Å². The molecule has 0 aliphatic carbocycles. The van der Waals surface area contributed by atoms with Crippen molar-refractivity contribution in [1.29, 1.82) is 0 Å². The minimum absolute atomic E-state index is 0.108. The van der Waals surface area contributed by atoms with Crippen LogP contribution in [0.2, 0.25) is 0 Å². The summed E-state index contributed by atoms with van der Waals surface area (Å²) in [6.45, 7) is 3.97. The SMILES string of the molecule is Cc1ccn(-c2cc(-c3ccc(S(N)(=O)=O)cc3)ccc2C)n1. The highest BCUT2D eigenvalue weighted by Gasteiger charge is 2.09. The fourth-order valence-corrected chi connectivity index (χ4v) is 2.94. The summed E-state index contributed by atoms with van der Waals surface area (Å²) in [6, 6.07) is 14.5. The van der Waals surface area contributed by atoms with E-state index in [9.17, 15) is 8.42 Å². The van der Waals surface area contributed by atoms with Gasteiger partial charge in [0.25, 0.3) is 0 Å². The molecular weight excluding hydrogens is 310 g/mol. The molecule has 23 heavy (non-hydrogen) atoms. The molecular formula is C17H17N3O2S. The Bertz CT molecular complexity index is 958. The highest BCUT2D eigenvalue weighted by atomic mass is 32.2. The summed E-state index contributed by atoms with van der Waals surface area (Å²) in [7, 11) is -3.67. The van der Waals surface area contributed by atoms with Crippen LogP contribution in [-0.2, 0) is 10.0 Å². The van der Waals surface area contributed by atoms with Crippen molar-refractivity contribution in [2.75, 3.05) is 0 Å². The number of aryl methyl sites for hydroxylation is 2. The molecule has 3 rings (SSSR count). The van der Waals surface area contributed by atoms with Crippen molar-refractivity contribution in [3.63, 3.8) is 0 Å². The topological polar surface area (TPSA) is 78.0 Å². The third-order valence-corrected chi connectivity index (χ3v) is 4.62. The maximum atomic E-state index is 11.3. The van der Waals surface area contributed by atoms with E-state index in [1.807, 2.05) is 49.0 Å². The summed E-state index contributed by atoms with van der Waals surface area (Å²) < 4.78 is 24.5. The van der Waals surface area contributed by atoms with Crippen molar-refractivity contribution in [3.05, 3.63) is 66.0 Å². The van der Waals surface area contributed by atoms with Crippen molar-refractivity contribution in [2.45, 2.75) is 18.7 Å². The minimum atomic E-state index is -3.67. The number of hydrogen-bond acceptors (Lipinski definition) is 3. The Kier molecular flexibility index (Phi) is 3.79. The van der Waals surface area contributed by atoms with E-state index >= 15 is 0 Å². The molecule has 0 aliphatic heterocycles. The second kappa shape index (κ2) is 5.64. The van der Waals surface area contributed by atoms with Crippen LogP contribution in [0.4, 0.5) is 0 Å². The van der Waals surface area contributed by atoms with Gasteiger partial charge >= 0.3 is 0 Å². The summed E-state index contributed by atoms with van der Waals surface area (Å²) in [5.41, 5.74) is 4.96. The van der Waals surface area contributed by atoms with Crippen LogP contribution in [0.3, 0.4) is 0 Å². The molecule has 0 aliphatic rings. The molecule has 0 saturated carbocycles. The van der Waals surface area contributed by atoms with Crippen LogP contribution in [0.15, 0.2) is 59.6 Å². The summed E-state index contributed by atoms with van der Waals surface area (Å²) >= 11 is 0. The van der Waals surface area contributed by atoms with Crippen LogP contribution in [0, 0.1) is 13.8 Å². The molecule has 0 unspecified atom stereocenters. The van der Waals surface area contributed by atoms with Crippen LogP contribution in [-0.4, -0.2) is 18.2 Å². The molecule has 3 aromatic rings. The number of hydrogen-bond donors (Lipinski definition) is 1.